The van der Waals surface area contributed by atoms with Gasteiger partial charge in [0.2, 0.25) is 0 Å². The van der Waals surface area contributed by atoms with Crippen molar-refractivity contribution in [1.29, 1.82) is 0 Å². The maximum absolute atomic E-state index is 12.1. The summed E-state index contributed by atoms with van der Waals surface area (Å²) in [5.41, 5.74) is -0.113. The van der Waals surface area contributed by atoms with Crippen LogP contribution in [0.4, 0.5) is 0 Å². The molecule has 0 radical (unpaired) electrons. The summed E-state index contributed by atoms with van der Waals surface area (Å²) in [6.45, 7) is 8.07. The van der Waals surface area contributed by atoms with Crippen molar-refractivity contribution >= 4 is 0 Å². The summed E-state index contributed by atoms with van der Waals surface area (Å²) in [6, 6.07) is 0. The molecular weight excluding hydrogens is 1100 g/mol. The summed E-state index contributed by atoms with van der Waals surface area (Å²) < 4.78 is 73.3. The second kappa shape index (κ2) is 24.6. The molecule has 7 heterocycles. The zero-order valence-corrected chi connectivity index (χ0v) is 47.6. The standard InChI is InChI=1S/C56H92O27/c1-20-8-11-56(73-18-20)21(2)34-30(83-56)13-26-24-7-6-23-12-29(27(60)14-55(23,5)25(24)9-10-54(26,34)4)75-51-43(70)40(67)45(33(17-59)78-51)79-53-48(47(38(65)32(16-58)77-53)81-49-41(68)36(63)28(61)19-72-49)82-52-44(71)46(37(64)31(15-57)76-52)80-50-42(69)39(66)35(62)22(3)74-50/h20-53,57-71H,6-19H2,1-5H3/t20-,21?,22+,23+,24-,25+,26+,27-,28-,29-,30?,31-,32-,33-,34?,35+,36+,37-,38-,39-,40-,41-,42-,43-,44-,45+,46+,47+,48-,49+,50+,51-,52+,53+,54+,55+,56-/m1/s1. The Kier molecular flexibility index (Phi) is 18.8. The Labute approximate surface area is 481 Å². The van der Waals surface area contributed by atoms with E-state index in [2.05, 4.69) is 27.7 Å². The van der Waals surface area contributed by atoms with Gasteiger partial charge in [0.25, 0.3) is 0 Å². The molecule has 27 heteroatoms. The fourth-order valence-corrected chi connectivity index (χ4v) is 17.4. The van der Waals surface area contributed by atoms with E-state index in [0.29, 0.717) is 42.4 Å². The van der Waals surface area contributed by atoms with Crippen molar-refractivity contribution < 1.29 is 133 Å². The molecule has 0 bridgehead atoms. The van der Waals surface area contributed by atoms with Crippen molar-refractivity contribution in [2.45, 2.75) is 264 Å². The number of ether oxygens (including phenoxy) is 12. The molecule has 27 nitrogen and oxygen atoms in total. The van der Waals surface area contributed by atoms with Gasteiger partial charge in [-0.3, -0.25) is 0 Å². The SMILES string of the molecule is CC1C2C(C[C@H]3[C@@H]4CC[C@H]5C[C@@H](O[C@@H]6O[C@H](CO)[C@H](O[C@@H]7O[C@H](CO)[C@@H](O)[C@H](O[C@@H]8OC[C@@H](O)[C@H](O)[C@H]8O)[C@H]7O[C@@H]7O[C@H](CO)[C@@H](O)[C@H](O[C@@H]8O[C@@H](C)[C@H](O)[C@@H](O)[C@H]8O)[C@H]7O)[C@H](O)[C@H]6O)[C@H](O)C[C@]5(C)[C@H]4CC[C@]23C)O[C@]12CC[C@@H](C)CO2. The van der Waals surface area contributed by atoms with Crippen LogP contribution in [0.5, 0.6) is 0 Å². The quantitative estimate of drug-likeness (QED) is 0.0774. The molecule has 11 fully saturated rings. The predicted molar refractivity (Wildman–Crippen MR) is 275 cm³/mol. The second-order valence-electron chi connectivity index (χ2n) is 26.8. The first-order valence-corrected chi connectivity index (χ1v) is 30.2. The molecule has 4 saturated carbocycles. The van der Waals surface area contributed by atoms with Crippen LogP contribution in [-0.4, -0.2) is 281 Å². The largest absolute Gasteiger partial charge is 0.394 e. The Bertz CT molecular complexity index is 2160. The van der Waals surface area contributed by atoms with E-state index >= 15 is 0 Å². The smallest absolute Gasteiger partial charge is 0.187 e. The van der Waals surface area contributed by atoms with Crippen LogP contribution in [0.2, 0.25) is 0 Å². The number of hydrogen-bond donors (Lipinski definition) is 15. The van der Waals surface area contributed by atoms with Crippen LogP contribution in [-0.2, 0) is 56.8 Å². The highest BCUT2D eigenvalue weighted by molar-refractivity contribution is 5.16. The number of rotatable bonds is 13. The minimum Gasteiger partial charge on any atom is -0.394 e. The summed E-state index contributed by atoms with van der Waals surface area (Å²) >= 11 is 0. The van der Waals surface area contributed by atoms with E-state index in [1.807, 2.05) is 0 Å². The van der Waals surface area contributed by atoms with E-state index in [9.17, 15) is 76.6 Å². The molecule has 37 atom stereocenters. The molecule has 11 aliphatic rings. The third-order valence-electron chi connectivity index (χ3n) is 22.1. The van der Waals surface area contributed by atoms with Gasteiger partial charge in [0.05, 0.1) is 57.5 Å². The molecule has 3 unspecified atom stereocenters. The first-order valence-electron chi connectivity index (χ1n) is 30.2. The number of hydrogen-bond acceptors (Lipinski definition) is 27. The van der Waals surface area contributed by atoms with Gasteiger partial charge >= 0.3 is 0 Å². The lowest BCUT2D eigenvalue weighted by molar-refractivity contribution is -0.409. The number of fused-ring (bicyclic) bond motifs is 7. The summed E-state index contributed by atoms with van der Waals surface area (Å²) in [6.07, 6.45) is -37.2. The first-order chi connectivity index (χ1) is 39.4. The molecule has 4 aliphatic carbocycles. The van der Waals surface area contributed by atoms with Gasteiger partial charge < -0.3 is 133 Å². The second-order valence-corrected chi connectivity index (χ2v) is 26.8. The van der Waals surface area contributed by atoms with Gasteiger partial charge in [-0.05, 0) is 105 Å². The minimum absolute atomic E-state index is 0.107. The van der Waals surface area contributed by atoms with Gasteiger partial charge in [-0.25, -0.2) is 0 Å². The average Bonchev–Trinajstić information content (AvgIpc) is 1.66. The fraction of sp³-hybridized carbons (Fsp3) is 1.00. The molecule has 83 heavy (non-hydrogen) atoms. The maximum atomic E-state index is 12.1. The Hall–Kier alpha value is -1.08. The van der Waals surface area contributed by atoms with E-state index in [-0.39, 0.29) is 28.8 Å². The Morgan fingerprint density at radius 2 is 1.07 bits per heavy atom. The van der Waals surface area contributed by atoms with E-state index in [1.165, 1.54) is 6.92 Å². The van der Waals surface area contributed by atoms with Gasteiger partial charge in [0.1, 0.15) is 110 Å². The zero-order chi connectivity index (χ0) is 59.5. The lowest BCUT2D eigenvalue weighted by Crippen LogP contribution is -2.69. The van der Waals surface area contributed by atoms with Crippen LogP contribution >= 0.6 is 0 Å². The predicted octanol–water partition coefficient (Wildman–Crippen LogP) is -4.45. The van der Waals surface area contributed by atoms with Crippen molar-refractivity contribution in [2.24, 2.45) is 52.3 Å². The van der Waals surface area contributed by atoms with Crippen LogP contribution in [0.1, 0.15) is 92.4 Å². The Morgan fingerprint density at radius 3 is 1.76 bits per heavy atom. The van der Waals surface area contributed by atoms with E-state index in [0.717, 1.165) is 51.6 Å². The molecular formula is C56H92O27. The highest BCUT2D eigenvalue weighted by Gasteiger charge is 2.70. The molecule has 478 valence electrons. The first kappa shape index (κ1) is 63.5. The number of aliphatic hydroxyl groups is 15. The lowest BCUT2D eigenvalue weighted by atomic mass is 9.44. The average molecular weight is 1200 g/mol. The summed E-state index contributed by atoms with van der Waals surface area (Å²) in [5.74, 6) is 2.15. The van der Waals surface area contributed by atoms with Gasteiger partial charge in [-0.2, -0.15) is 0 Å². The minimum atomic E-state index is -2.14. The van der Waals surface area contributed by atoms with Gasteiger partial charge in [-0.1, -0.05) is 27.7 Å². The van der Waals surface area contributed by atoms with E-state index < -0.39 is 192 Å². The normalized spacial score (nSPS) is 58.3. The van der Waals surface area contributed by atoms with E-state index in [4.69, 9.17) is 56.8 Å². The molecule has 0 aromatic carbocycles. The summed E-state index contributed by atoms with van der Waals surface area (Å²) in [5, 5.41) is 166. The van der Waals surface area contributed by atoms with Gasteiger partial charge in [0.15, 0.2) is 37.2 Å². The molecule has 0 aromatic heterocycles. The molecule has 1 spiro atoms. The van der Waals surface area contributed by atoms with Crippen molar-refractivity contribution in [3.8, 4) is 0 Å². The lowest BCUT2D eigenvalue weighted by Gasteiger charge is -2.62. The number of aliphatic hydroxyl groups excluding tert-OH is 15. The molecule has 0 aromatic rings. The van der Waals surface area contributed by atoms with Crippen LogP contribution in [0.25, 0.3) is 0 Å². The Balaban J connectivity index is 0.791. The fourth-order valence-electron chi connectivity index (χ4n) is 17.4. The Morgan fingerprint density at radius 1 is 0.470 bits per heavy atom. The molecule has 15 N–H and O–H groups in total. The van der Waals surface area contributed by atoms with Crippen molar-refractivity contribution in [2.75, 3.05) is 33.0 Å². The summed E-state index contributed by atoms with van der Waals surface area (Å²) in [7, 11) is 0. The van der Waals surface area contributed by atoms with E-state index in [1.54, 1.807) is 0 Å². The topological polar surface area (TPSA) is 414 Å². The molecule has 0 amide bonds. The zero-order valence-electron chi connectivity index (χ0n) is 47.6. The highest BCUT2D eigenvalue weighted by atomic mass is 16.8. The third-order valence-corrected chi connectivity index (χ3v) is 22.1. The van der Waals surface area contributed by atoms with Gasteiger partial charge in [-0.15, -0.1) is 0 Å². The molecule has 7 saturated heterocycles. The highest BCUT2D eigenvalue weighted by Crippen LogP contribution is 2.71. The van der Waals surface area contributed by atoms with Crippen LogP contribution in [0.15, 0.2) is 0 Å². The molecule has 11 rings (SSSR count). The third kappa shape index (κ3) is 11.1. The van der Waals surface area contributed by atoms with Crippen molar-refractivity contribution in [3.63, 3.8) is 0 Å². The van der Waals surface area contributed by atoms with Crippen LogP contribution < -0.4 is 0 Å². The van der Waals surface area contributed by atoms with Crippen molar-refractivity contribution in [3.05, 3.63) is 0 Å². The van der Waals surface area contributed by atoms with Crippen LogP contribution in [0.3, 0.4) is 0 Å². The van der Waals surface area contributed by atoms with Crippen molar-refractivity contribution in [1.82, 2.24) is 0 Å². The summed E-state index contributed by atoms with van der Waals surface area (Å²) in [4.78, 5) is 0. The maximum Gasteiger partial charge on any atom is 0.187 e. The molecule has 7 aliphatic heterocycles. The van der Waals surface area contributed by atoms with Gasteiger partial charge in [0, 0.05) is 12.3 Å². The monoisotopic (exact) mass is 1200 g/mol. The van der Waals surface area contributed by atoms with Crippen LogP contribution in [0, 0.1) is 52.3 Å².